The predicted molar refractivity (Wildman–Crippen MR) is 36.4 cm³/mol. The van der Waals surface area contributed by atoms with Crippen LogP contribution in [-0.2, 0) is 14.2 Å². The zero-order valence-corrected chi connectivity index (χ0v) is 6.46. The summed E-state index contributed by atoms with van der Waals surface area (Å²) in [4.78, 5) is 0. The van der Waals surface area contributed by atoms with Crippen molar-refractivity contribution in [3.8, 4) is 0 Å². The van der Waals surface area contributed by atoms with Crippen molar-refractivity contribution in [1.82, 2.24) is 0 Å². The van der Waals surface area contributed by atoms with E-state index in [1.165, 1.54) is 0 Å². The molecule has 0 aliphatic carbocycles. The van der Waals surface area contributed by atoms with Crippen molar-refractivity contribution in [2.45, 2.75) is 19.0 Å². The first-order chi connectivity index (χ1) is 4.70. The van der Waals surface area contributed by atoms with Gasteiger partial charge < -0.3 is 14.2 Å². The molecule has 1 heterocycles. The largest absolute Gasteiger partial charge is 0.352 e. The van der Waals surface area contributed by atoms with E-state index in [2.05, 4.69) is 0 Å². The zero-order chi connectivity index (χ0) is 7.61. The molecule has 58 valence electrons. The Balaban J connectivity index is 2.51. The molecule has 1 rings (SSSR count). The summed E-state index contributed by atoms with van der Waals surface area (Å²) in [5, 5.41) is 0. The summed E-state index contributed by atoms with van der Waals surface area (Å²) in [6.45, 7) is 1.84. The van der Waals surface area contributed by atoms with Gasteiger partial charge in [-0.25, -0.2) is 0 Å². The molecule has 0 saturated heterocycles. The second-order valence-corrected chi connectivity index (χ2v) is 2.30. The fraction of sp³-hybridized carbons (Fsp3) is 0.714. The van der Waals surface area contributed by atoms with Gasteiger partial charge in [-0.05, 0) is 19.1 Å². The average Bonchev–Trinajstić information content (AvgIpc) is 2.33. The maximum atomic E-state index is 5.29. The van der Waals surface area contributed by atoms with Crippen molar-refractivity contribution in [2.24, 2.45) is 0 Å². The minimum Gasteiger partial charge on any atom is -0.352 e. The summed E-state index contributed by atoms with van der Waals surface area (Å²) in [5.74, 6) is -0.597. The van der Waals surface area contributed by atoms with E-state index in [-0.39, 0.29) is 6.29 Å². The topological polar surface area (TPSA) is 27.7 Å². The number of hydrogen-bond acceptors (Lipinski definition) is 3. The molecule has 0 N–H and O–H groups in total. The normalized spacial score (nSPS) is 38.9. The first-order valence-electron chi connectivity index (χ1n) is 3.15. The third-order valence-electron chi connectivity index (χ3n) is 1.54. The van der Waals surface area contributed by atoms with Crippen molar-refractivity contribution >= 4 is 0 Å². The molecule has 0 saturated carbocycles. The van der Waals surface area contributed by atoms with Gasteiger partial charge >= 0.3 is 0 Å². The Morgan fingerprint density at radius 1 is 1.50 bits per heavy atom. The molecule has 2 atom stereocenters. The first kappa shape index (κ1) is 7.72. The van der Waals surface area contributed by atoms with Gasteiger partial charge in [0, 0.05) is 14.2 Å². The summed E-state index contributed by atoms with van der Waals surface area (Å²) in [7, 11) is 3.19. The van der Waals surface area contributed by atoms with E-state index < -0.39 is 5.79 Å². The summed E-state index contributed by atoms with van der Waals surface area (Å²) in [6, 6.07) is 0. The van der Waals surface area contributed by atoms with Gasteiger partial charge in [-0.1, -0.05) is 0 Å². The Morgan fingerprint density at radius 2 is 2.20 bits per heavy atom. The molecule has 1 aliphatic heterocycles. The molecule has 3 heteroatoms. The molecule has 0 aromatic heterocycles. The molecular formula is C7H12O3. The fourth-order valence-electron chi connectivity index (χ4n) is 0.805. The lowest BCUT2D eigenvalue weighted by Crippen LogP contribution is -2.28. The Morgan fingerprint density at radius 3 is 2.50 bits per heavy atom. The Kier molecular flexibility index (Phi) is 2.08. The highest BCUT2D eigenvalue weighted by molar-refractivity contribution is 5.02. The SMILES string of the molecule is CO[C@H]1C=C[C@](C)(OC)O1. The number of methoxy groups -OCH3 is 2. The molecule has 0 aromatic carbocycles. The molecule has 3 nitrogen and oxygen atoms in total. The standard InChI is InChI=1S/C7H12O3/c1-7(9-3)5-4-6(8-2)10-7/h4-6H,1-3H3/t6-,7-/m1/s1. The molecule has 1 aliphatic rings. The third kappa shape index (κ3) is 1.37. The van der Waals surface area contributed by atoms with Crippen LogP contribution in [0.4, 0.5) is 0 Å². The third-order valence-corrected chi connectivity index (χ3v) is 1.54. The lowest BCUT2D eigenvalue weighted by atomic mass is 10.3. The van der Waals surface area contributed by atoms with Crippen molar-refractivity contribution < 1.29 is 14.2 Å². The Bertz CT molecular complexity index is 144. The number of ether oxygens (including phenoxy) is 3. The summed E-state index contributed by atoms with van der Waals surface area (Å²) in [5.41, 5.74) is 0. The average molecular weight is 144 g/mol. The van der Waals surface area contributed by atoms with Gasteiger partial charge in [-0.15, -0.1) is 0 Å². The van der Waals surface area contributed by atoms with Crippen LogP contribution in [0.5, 0.6) is 0 Å². The second kappa shape index (κ2) is 2.70. The predicted octanol–water partition coefficient (Wildman–Crippen LogP) is 0.908. The van der Waals surface area contributed by atoms with E-state index in [1.807, 2.05) is 19.1 Å². The molecule has 0 unspecified atom stereocenters. The van der Waals surface area contributed by atoms with Gasteiger partial charge in [0.2, 0.25) is 0 Å². The van der Waals surface area contributed by atoms with E-state index >= 15 is 0 Å². The fourth-order valence-corrected chi connectivity index (χ4v) is 0.805. The first-order valence-corrected chi connectivity index (χ1v) is 3.15. The summed E-state index contributed by atoms with van der Waals surface area (Å²) in [6.07, 6.45) is 3.40. The molecule has 0 bridgehead atoms. The smallest absolute Gasteiger partial charge is 0.188 e. The molecular weight excluding hydrogens is 132 g/mol. The highest BCUT2D eigenvalue weighted by atomic mass is 16.8. The second-order valence-electron chi connectivity index (χ2n) is 2.30. The van der Waals surface area contributed by atoms with Crippen LogP contribution < -0.4 is 0 Å². The summed E-state index contributed by atoms with van der Waals surface area (Å²) >= 11 is 0. The monoisotopic (exact) mass is 144 g/mol. The van der Waals surface area contributed by atoms with Gasteiger partial charge in [-0.2, -0.15) is 0 Å². The van der Waals surface area contributed by atoms with Crippen molar-refractivity contribution in [3.05, 3.63) is 12.2 Å². The van der Waals surface area contributed by atoms with Crippen LogP contribution in [0.15, 0.2) is 12.2 Å². The van der Waals surface area contributed by atoms with Gasteiger partial charge in [0.15, 0.2) is 12.1 Å². The number of rotatable bonds is 2. The van der Waals surface area contributed by atoms with E-state index in [9.17, 15) is 0 Å². The van der Waals surface area contributed by atoms with Crippen LogP contribution in [0, 0.1) is 0 Å². The Labute approximate surface area is 60.6 Å². The molecule has 10 heavy (non-hydrogen) atoms. The van der Waals surface area contributed by atoms with E-state index in [0.29, 0.717) is 0 Å². The molecule has 0 aromatic rings. The lowest BCUT2D eigenvalue weighted by Gasteiger charge is -2.21. The minimum atomic E-state index is -0.597. The maximum Gasteiger partial charge on any atom is 0.188 e. The van der Waals surface area contributed by atoms with Crippen LogP contribution in [0.3, 0.4) is 0 Å². The van der Waals surface area contributed by atoms with Crippen molar-refractivity contribution in [1.29, 1.82) is 0 Å². The summed E-state index contributed by atoms with van der Waals surface area (Å²) < 4.78 is 15.3. The van der Waals surface area contributed by atoms with Crippen LogP contribution in [0.25, 0.3) is 0 Å². The molecule has 0 radical (unpaired) electrons. The van der Waals surface area contributed by atoms with Crippen LogP contribution >= 0.6 is 0 Å². The van der Waals surface area contributed by atoms with E-state index in [4.69, 9.17) is 14.2 Å². The van der Waals surface area contributed by atoms with Crippen LogP contribution in [0.1, 0.15) is 6.92 Å². The molecule has 0 spiro atoms. The molecule has 0 amide bonds. The Hall–Kier alpha value is -0.380. The number of hydrogen-bond donors (Lipinski definition) is 0. The van der Waals surface area contributed by atoms with Gasteiger partial charge in [0.05, 0.1) is 0 Å². The quantitative estimate of drug-likeness (QED) is 0.539. The highest BCUT2D eigenvalue weighted by Gasteiger charge is 2.30. The van der Waals surface area contributed by atoms with Gasteiger partial charge in [-0.3, -0.25) is 0 Å². The van der Waals surface area contributed by atoms with Crippen molar-refractivity contribution in [3.63, 3.8) is 0 Å². The van der Waals surface area contributed by atoms with Gasteiger partial charge in [0.25, 0.3) is 0 Å². The highest BCUT2D eigenvalue weighted by Crippen LogP contribution is 2.23. The molecule has 0 fully saturated rings. The minimum absolute atomic E-state index is 0.259. The maximum absolute atomic E-state index is 5.29. The van der Waals surface area contributed by atoms with Crippen LogP contribution in [0.2, 0.25) is 0 Å². The zero-order valence-electron chi connectivity index (χ0n) is 6.46. The van der Waals surface area contributed by atoms with Gasteiger partial charge in [0.1, 0.15) is 0 Å². The van der Waals surface area contributed by atoms with E-state index in [1.54, 1.807) is 14.2 Å². The van der Waals surface area contributed by atoms with Crippen LogP contribution in [-0.4, -0.2) is 26.3 Å². The van der Waals surface area contributed by atoms with Crippen molar-refractivity contribution in [2.75, 3.05) is 14.2 Å². The lowest BCUT2D eigenvalue weighted by molar-refractivity contribution is -0.232. The van der Waals surface area contributed by atoms with E-state index in [0.717, 1.165) is 0 Å².